The Morgan fingerprint density at radius 1 is 0.780 bits per heavy atom. The van der Waals surface area contributed by atoms with E-state index in [2.05, 4.69) is 5.32 Å². The van der Waals surface area contributed by atoms with Gasteiger partial charge in [-0.15, -0.1) is 0 Å². The number of hydrogen-bond acceptors (Lipinski definition) is 5. The number of benzene rings is 4. The number of ether oxygens (including phenoxy) is 2. The molecule has 0 spiro atoms. The molecule has 10 heteroatoms. The van der Waals surface area contributed by atoms with E-state index in [0.29, 0.717) is 23.5 Å². The van der Waals surface area contributed by atoms with Crippen LogP contribution in [-0.2, 0) is 22.8 Å². The number of carbonyl (C=O) groups excluding carboxylic acids is 3. The van der Waals surface area contributed by atoms with Gasteiger partial charge in [-0.1, -0.05) is 65.7 Å². The fourth-order valence-electron chi connectivity index (χ4n) is 4.03. The zero-order valence-electron chi connectivity index (χ0n) is 21.3. The van der Waals surface area contributed by atoms with Gasteiger partial charge in [0.15, 0.2) is 5.75 Å². The van der Waals surface area contributed by atoms with Crippen LogP contribution in [0.1, 0.15) is 16.7 Å². The maximum atomic E-state index is 13.3. The van der Waals surface area contributed by atoms with E-state index in [1.165, 1.54) is 30.3 Å². The van der Waals surface area contributed by atoms with Gasteiger partial charge in [0.2, 0.25) is 0 Å². The third-order valence-corrected chi connectivity index (χ3v) is 6.63. The van der Waals surface area contributed by atoms with Crippen molar-refractivity contribution in [3.63, 3.8) is 0 Å². The van der Waals surface area contributed by atoms with Crippen molar-refractivity contribution in [2.75, 3.05) is 4.90 Å². The topological polar surface area (TPSA) is 84.9 Å². The van der Waals surface area contributed by atoms with Crippen molar-refractivity contribution in [1.82, 2.24) is 5.32 Å². The molecule has 1 fully saturated rings. The molecule has 0 bridgehead atoms. The van der Waals surface area contributed by atoms with E-state index in [1.54, 1.807) is 36.4 Å². The third-order valence-electron chi connectivity index (χ3n) is 6.07. The van der Waals surface area contributed by atoms with E-state index in [4.69, 9.17) is 32.7 Å². The Labute approximate surface area is 244 Å². The number of halogens is 3. The molecule has 0 saturated carbocycles. The highest BCUT2D eigenvalue weighted by molar-refractivity contribution is 6.40. The molecular formula is C31H21Cl2FN2O5. The number of nitrogens with zero attached hydrogens (tertiary/aromatic N) is 1. The lowest BCUT2D eigenvalue weighted by Crippen LogP contribution is -2.54. The summed E-state index contributed by atoms with van der Waals surface area (Å²) >= 11 is 12.8. The first kappa shape index (κ1) is 27.9. The molecule has 1 heterocycles. The molecule has 0 atom stereocenters. The van der Waals surface area contributed by atoms with Crippen LogP contribution in [0.15, 0.2) is 96.6 Å². The van der Waals surface area contributed by atoms with Crippen molar-refractivity contribution in [3.05, 3.63) is 129 Å². The van der Waals surface area contributed by atoms with Crippen LogP contribution in [0.3, 0.4) is 0 Å². The normalized spacial score (nSPS) is 14.3. The molecule has 4 aromatic carbocycles. The van der Waals surface area contributed by atoms with E-state index in [9.17, 15) is 18.8 Å². The van der Waals surface area contributed by atoms with E-state index >= 15 is 0 Å². The number of barbiturate groups is 1. The molecule has 41 heavy (non-hydrogen) atoms. The second-order valence-electron chi connectivity index (χ2n) is 8.95. The Kier molecular flexibility index (Phi) is 8.33. The van der Waals surface area contributed by atoms with Crippen LogP contribution in [0, 0.1) is 5.82 Å². The summed E-state index contributed by atoms with van der Waals surface area (Å²) in [6.45, 7) is 0.445. The Morgan fingerprint density at radius 3 is 2.05 bits per heavy atom. The van der Waals surface area contributed by atoms with Crippen LogP contribution in [0.5, 0.6) is 11.5 Å². The van der Waals surface area contributed by atoms with Crippen LogP contribution in [0.2, 0.25) is 10.0 Å². The number of carbonyl (C=O) groups is 3. The summed E-state index contributed by atoms with van der Waals surface area (Å²) in [6.07, 6.45) is 1.29. The van der Waals surface area contributed by atoms with Gasteiger partial charge in [-0.25, -0.2) is 14.1 Å². The van der Waals surface area contributed by atoms with Gasteiger partial charge in [0.1, 0.15) is 30.4 Å². The zero-order chi connectivity index (χ0) is 28.9. The van der Waals surface area contributed by atoms with Gasteiger partial charge in [-0.3, -0.25) is 14.9 Å². The van der Waals surface area contributed by atoms with E-state index in [1.807, 2.05) is 30.3 Å². The second-order valence-corrected chi connectivity index (χ2v) is 9.77. The first-order valence-corrected chi connectivity index (χ1v) is 13.1. The smallest absolute Gasteiger partial charge is 0.335 e. The number of nitrogens with one attached hydrogen (secondary N) is 1. The van der Waals surface area contributed by atoms with Gasteiger partial charge in [-0.05, 0) is 71.3 Å². The largest absolute Gasteiger partial charge is 0.489 e. The predicted molar refractivity (Wildman–Crippen MR) is 153 cm³/mol. The molecule has 4 aromatic rings. The lowest BCUT2D eigenvalue weighted by Gasteiger charge is -2.26. The van der Waals surface area contributed by atoms with E-state index in [-0.39, 0.29) is 39.5 Å². The quantitative estimate of drug-likeness (QED) is 0.177. The van der Waals surface area contributed by atoms with Crippen molar-refractivity contribution in [1.29, 1.82) is 0 Å². The molecule has 0 aromatic heterocycles. The predicted octanol–water partition coefficient (Wildman–Crippen LogP) is 6.96. The minimum absolute atomic E-state index is 0.0915. The Balaban J connectivity index is 1.32. The molecule has 7 nitrogen and oxygen atoms in total. The van der Waals surface area contributed by atoms with Gasteiger partial charge in [0, 0.05) is 0 Å². The highest BCUT2D eigenvalue weighted by atomic mass is 35.5. The summed E-state index contributed by atoms with van der Waals surface area (Å²) in [7, 11) is 0. The average molecular weight is 591 g/mol. The second kappa shape index (κ2) is 12.2. The minimum atomic E-state index is -0.879. The molecule has 206 valence electrons. The van der Waals surface area contributed by atoms with Crippen LogP contribution < -0.4 is 19.7 Å². The Hall–Kier alpha value is -4.66. The van der Waals surface area contributed by atoms with Crippen LogP contribution >= 0.6 is 23.2 Å². The number of rotatable bonds is 8. The fourth-order valence-corrected chi connectivity index (χ4v) is 4.64. The third kappa shape index (κ3) is 6.57. The van der Waals surface area contributed by atoms with Gasteiger partial charge < -0.3 is 9.47 Å². The summed E-state index contributed by atoms with van der Waals surface area (Å²) in [4.78, 5) is 39.4. The molecule has 5 rings (SSSR count). The number of amides is 4. The average Bonchev–Trinajstić information content (AvgIpc) is 2.96. The van der Waals surface area contributed by atoms with Crippen molar-refractivity contribution >= 4 is 52.8 Å². The molecule has 0 radical (unpaired) electrons. The molecule has 1 aliphatic rings. The summed E-state index contributed by atoms with van der Waals surface area (Å²) in [5, 5.41) is 2.45. The SMILES string of the molecule is O=C1NC(=O)N(c2ccc(OCc3ccccc3)cc2)C(=O)/C1=C/c1cc(Cl)c(OCc2ccc(F)cc2)c(Cl)c1. The highest BCUT2D eigenvalue weighted by Gasteiger charge is 2.37. The van der Waals surface area contributed by atoms with Crippen molar-refractivity contribution in [2.24, 2.45) is 0 Å². The van der Waals surface area contributed by atoms with E-state index < -0.39 is 17.8 Å². The monoisotopic (exact) mass is 590 g/mol. The molecule has 1 N–H and O–H groups in total. The Bertz CT molecular complexity index is 1620. The van der Waals surface area contributed by atoms with Gasteiger partial charge in [-0.2, -0.15) is 0 Å². The Morgan fingerprint density at radius 2 is 1.39 bits per heavy atom. The van der Waals surface area contributed by atoms with E-state index in [0.717, 1.165) is 10.5 Å². The highest BCUT2D eigenvalue weighted by Crippen LogP contribution is 2.36. The number of urea groups is 1. The molecular weight excluding hydrogens is 570 g/mol. The zero-order valence-corrected chi connectivity index (χ0v) is 22.8. The summed E-state index contributed by atoms with van der Waals surface area (Å²) in [5.74, 6) is -1.32. The van der Waals surface area contributed by atoms with Crippen molar-refractivity contribution < 1.29 is 28.2 Å². The van der Waals surface area contributed by atoms with Crippen molar-refractivity contribution in [3.8, 4) is 11.5 Å². The summed E-state index contributed by atoms with van der Waals surface area (Å²) < 4.78 is 24.6. The first-order chi connectivity index (χ1) is 19.8. The number of imide groups is 2. The molecule has 0 unspecified atom stereocenters. The first-order valence-electron chi connectivity index (χ1n) is 12.3. The summed E-state index contributed by atoms with van der Waals surface area (Å²) in [6, 6.07) is 23.8. The van der Waals surface area contributed by atoms with Crippen LogP contribution in [-0.4, -0.2) is 17.8 Å². The number of anilines is 1. The maximum absolute atomic E-state index is 13.3. The van der Waals surface area contributed by atoms with Crippen LogP contribution in [0.25, 0.3) is 6.08 Å². The van der Waals surface area contributed by atoms with Crippen LogP contribution in [0.4, 0.5) is 14.9 Å². The minimum Gasteiger partial charge on any atom is -0.489 e. The molecule has 1 aliphatic heterocycles. The summed E-state index contributed by atoms with van der Waals surface area (Å²) in [5.41, 5.74) is 1.99. The lowest BCUT2D eigenvalue weighted by atomic mass is 10.1. The van der Waals surface area contributed by atoms with Gasteiger partial charge in [0.05, 0.1) is 15.7 Å². The molecule has 0 aliphatic carbocycles. The number of hydrogen-bond donors (Lipinski definition) is 1. The van der Waals surface area contributed by atoms with Gasteiger partial charge in [0.25, 0.3) is 11.8 Å². The lowest BCUT2D eigenvalue weighted by molar-refractivity contribution is -0.122. The van der Waals surface area contributed by atoms with Crippen molar-refractivity contribution in [2.45, 2.75) is 13.2 Å². The molecule has 4 amide bonds. The fraction of sp³-hybridized carbons (Fsp3) is 0.0645. The molecule has 1 saturated heterocycles. The van der Waals surface area contributed by atoms with Gasteiger partial charge >= 0.3 is 6.03 Å². The maximum Gasteiger partial charge on any atom is 0.335 e. The standard InChI is InChI=1S/C31H21Cl2FN2O5/c32-26-15-21(16-27(33)28(26)41-18-20-6-8-22(34)9-7-20)14-25-29(37)35-31(39)36(30(25)38)23-10-12-24(13-11-23)40-17-19-4-2-1-3-5-19/h1-16H,17-18H2,(H,35,37,39)/b25-14+.